The standard InChI is InChI=1S/C13H21N3O2/c1-15-7-3-8-16(10-11-4-2-9-18-11)13(17)12(15)5-6-14/h2,4,9,12H,3,5-8,10,14H2,1H3. The summed E-state index contributed by atoms with van der Waals surface area (Å²) in [4.78, 5) is 16.4. The molecule has 2 rings (SSSR count). The maximum atomic E-state index is 12.5. The largest absolute Gasteiger partial charge is 0.467 e. The van der Waals surface area contributed by atoms with Crippen LogP contribution in [-0.2, 0) is 11.3 Å². The fourth-order valence-corrected chi connectivity index (χ4v) is 2.43. The molecule has 0 aromatic carbocycles. The van der Waals surface area contributed by atoms with Gasteiger partial charge in [0, 0.05) is 13.1 Å². The van der Waals surface area contributed by atoms with Gasteiger partial charge < -0.3 is 15.1 Å². The molecule has 1 fully saturated rings. The van der Waals surface area contributed by atoms with Gasteiger partial charge in [0.05, 0.1) is 18.8 Å². The summed E-state index contributed by atoms with van der Waals surface area (Å²) in [5.41, 5.74) is 5.60. The average molecular weight is 251 g/mol. The van der Waals surface area contributed by atoms with Gasteiger partial charge in [-0.3, -0.25) is 9.69 Å². The molecule has 1 atom stereocenters. The van der Waals surface area contributed by atoms with Crippen molar-refractivity contribution in [3.63, 3.8) is 0 Å². The molecule has 0 spiro atoms. The number of hydrogen-bond acceptors (Lipinski definition) is 4. The molecular weight excluding hydrogens is 230 g/mol. The van der Waals surface area contributed by atoms with Crippen molar-refractivity contribution < 1.29 is 9.21 Å². The summed E-state index contributed by atoms with van der Waals surface area (Å²) >= 11 is 0. The van der Waals surface area contributed by atoms with Gasteiger partial charge in [0.15, 0.2) is 0 Å². The summed E-state index contributed by atoms with van der Waals surface area (Å²) in [5.74, 6) is 0.997. The fourth-order valence-electron chi connectivity index (χ4n) is 2.43. The molecule has 1 aromatic heterocycles. The molecule has 2 heterocycles. The van der Waals surface area contributed by atoms with Crippen LogP contribution in [0, 0.1) is 0 Å². The van der Waals surface area contributed by atoms with Crippen molar-refractivity contribution in [2.24, 2.45) is 5.73 Å². The highest BCUT2D eigenvalue weighted by atomic mass is 16.3. The van der Waals surface area contributed by atoms with Gasteiger partial charge in [-0.25, -0.2) is 0 Å². The highest BCUT2D eigenvalue weighted by Gasteiger charge is 2.30. The van der Waals surface area contributed by atoms with Gasteiger partial charge in [-0.1, -0.05) is 0 Å². The van der Waals surface area contributed by atoms with Crippen LogP contribution in [0.15, 0.2) is 22.8 Å². The monoisotopic (exact) mass is 251 g/mol. The lowest BCUT2D eigenvalue weighted by molar-refractivity contribution is -0.136. The zero-order valence-corrected chi connectivity index (χ0v) is 10.8. The number of carbonyl (C=O) groups excluding carboxylic acids is 1. The van der Waals surface area contributed by atoms with E-state index in [-0.39, 0.29) is 11.9 Å². The van der Waals surface area contributed by atoms with E-state index in [1.54, 1.807) is 6.26 Å². The Morgan fingerprint density at radius 2 is 2.33 bits per heavy atom. The van der Waals surface area contributed by atoms with Crippen molar-refractivity contribution in [2.45, 2.75) is 25.4 Å². The Balaban J connectivity index is 2.07. The predicted octanol–water partition coefficient (Wildman–Crippen LogP) is 0.661. The van der Waals surface area contributed by atoms with E-state index >= 15 is 0 Å². The number of carbonyl (C=O) groups is 1. The lowest BCUT2D eigenvalue weighted by atomic mass is 10.1. The molecular formula is C13H21N3O2. The van der Waals surface area contributed by atoms with E-state index in [9.17, 15) is 4.79 Å². The van der Waals surface area contributed by atoms with Crippen LogP contribution in [0.1, 0.15) is 18.6 Å². The smallest absolute Gasteiger partial charge is 0.240 e. The van der Waals surface area contributed by atoms with Gasteiger partial charge in [-0.05, 0) is 38.6 Å². The van der Waals surface area contributed by atoms with Crippen LogP contribution in [0.25, 0.3) is 0 Å². The fraction of sp³-hybridized carbons (Fsp3) is 0.615. The molecule has 5 heteroatoms. The topological polar surface area (TPSA) is 62.7 Å². The van der Waals surface area contributed by atoms with E-state index in [4.69, 9.17) is 10.2 Å². The second kappa shape index (κ2) is 6.02. The van der Waals surface area contributed by atoms with Crippen LogP contribution in [0.2, 0.25) is 0 Å². The van der Waals surface area contributed by atoms with E-state index < -0.39 is 0 Å². The number of hydrogen-bond donors (Lipinski definition) is 1. The van der Waals surface area contributed by atoms with Gasteiger partial charge in [0.2, 0.25) is 5.91 Å². The quantitative estimate of drug-likeness (QED) is 0.854. The first-order valence-corrected chi connectivity index (χ1v) is 6.44. The van der Waals surface area contributed by atoms with Crippen LogP contribution in [0.4, 0.5) is 0 Å². The number of nitrogens with zero attached hydrogens (tertiary/aromatic N) is 2. The maximum Gasteiger partial charge on any atom is 0.240 e. The third-order valence-electron chi connectivity index (χ3n) is 3.43. The zero-order chi connectivity index (χ0) is 13.0. The first kappa shape index (κ1) is 13.1. The molecule has 1 aliphatic rings. The van der Waals surface area contributed by atoms with Crippen LogP contribution in [0.5, 0.6) is 0 Å². The Morgan fingerprint density at radius 1 is 1.50 bits per heavy atom. The molecule has 1 aliphatic heterocycles. The zero-order valence-electron chi connectivity index (χ0n) is 10.8. The molecule has 5 nitrogen and oxygen atoms in total. The number of likely N-dealkylation sites (N-methyl/N-ethyl adjacent to an activating group) is 1. The third kappa shape index (κ3) is 2.91. The first-order chi connectivity index (χ1) is 8.72. The third-order valence-corrected chi connectivity index (χ3v) is 3.43. The number of rotatable bonds is 4. The van der Waals surface area contributed by atoms with Crippen LogP contribution >= 0.6 is 0 Å². The second-order valence-electron chi connectivity index (χ2n) is 4.77. The van der Waals surface area contributed by atoms with E-state index in [0.29, 0.717) is 19.5 Å². The van der Waals surface area contributed by atoms with Crippen molar-refractivity contribution in [3.8, 4) is 0 Å². The number of nitrogens with two attached hydrogens (primary N) is 1. The second-order valence-corrected chi connectivity index (χ2v) is 4.77. The summed E-state index contributed by atoms with van der Waals surface area (Å²) in [6.45, 7) is 2.81. The van der Waals surface area contributed by atoms with Gasteiger partial charge in [0.1, 0.15) is 5.76 Å². The van der Waals surface area contributed by atoms with Crippen molar-refractivity contribution in [1.82, 2.24) is 9.80 Å². The normalized spacial score (nSPS) is 22.2. The van der Waals surface area contributed by atoms with Gasteiger partial charge in [0.25, 0.3) is 0 Å². The van der Waals surface area contributed by atoms with Crippen molar-refractivity contribution in [3.05, 3.63) is 24.2 Å². The lowest BCUT2D eigenvalue weighted by Gasteiger charge is -2.27. The first-order valence-electron chi connectivity index (χ1n) is 6.44. The summed E-state index contributed by atoms with van der Waals surface area (Å²) in [7, 11) is 1.99. The minimum absolute atomic E-state index is 0.0903. The molecule has 1 unspecified atom stereocenters. The van der Waals surface area contributed by atoms with Crippen molar-refractivity contribution >= 4 is 5.91 Å². The molecule has 2 N–H and O–H groups in total. The minimum Gasteiger partial charge on any atom is -0.467 e. The summed E-state index contributed by atoms with van der Waals surface area (Å²) in [6.07, 6.45) is 3.34. The Bertz CT molecular complexity index is 378. The molecule has 0 radical (unpaired) electrons. The summed E-state index contributed by atoms with van der Waals surface area (Å²) < 4.78 is 5.32. The molecule has 0 saturated carbocycles. The highest BCUT2D eigenvalue weighted by molar-refractivity contribution is 5.82. The van der Waals surface area contributed by atoms with E-state index in [0.717, 1.165) is 25.3 Å². The molecule has 0 aliphatic carbocycles. The summed E-state index contributed by atoms with van der Waals surface area (Å²) in [5, 5.41) is 0. The SMILES string of the molecule is CN1CCCN(Cc2ccco2)C(=O)C1CCN. The molecule has 0 bridgehead atoms. The van der Waals surface area contributed by atoms with Crippen molar-refractivity contribution in [2.75, 3.05) is 26.7 Å². The van der Waals surface area contributed by atoms with E-state index in [2.05, 4.69) is 4.90 Å². The molecule has 100 valence electrons. The Morgan fingerprint density at radius 3 is 3.00 bits per heavy atom. The molecule has 1 amide bonds. The van der Waals surface area contributed by atoms with Gasteiger partial charge in [-0.2, -0.15) is 0 Å². The predicted molar refractivity (Wildman–Crippen MR) is 68.8 cm³/mol. The maximum absolute atomic E-state index is 12.5. The highest BCUT2D eigenvalue weighted by Crippen LogP contribution is 2.15. The Kier molecular flexibility index (Phi) is 4.38. The van der Waals surface area contributed by atoms with Gasteiger partial charge in [-0.15, -0.1) is 0 Å². The average Bonchev–Trinajstić information content (AvgIpc) is 2.82. The van der Waals surface area contributed by atoms with E-state index in [1.807, 2.05) is 24.1 Å². The van der Waals surface area contributed by atoms with Crippen molar-refractivity contribution in [1.29, 1.82) is 0 Å². The van der Waals surface area contributed by atoms with Crippen LogP contribution in [-0.4, -0.2) is 48.4 Å². The minimum atomic E-state index is -0.0903. The summed E-state index contributed by atoms with van der Waals surface area (Å²) in [6, 6.07) is 3.66. The van der Waals surface area contributed by atoms with Crippen LogP contribution < -0.4 is 5.73 Å². The lowest BCUT2D eigenvalue weighted by Crippen LogP contribution is -2.45. The molecule has 18 heavy (non-hydrogen) atoms. The Hall–Kier alpha value is -1.33. The van der Waals surface area contributed by atoms with Crippen LogP contribution in [0.3, 0.4) is 0 Å². The Labute approximate surface area is 108 Å². The number of furan rings is 1. The van der Waals surface area contributed by atoms with Gasteiger partial charge >= 0.3 is 0 Å². The molecule has 1 aromatic rings. The number of amides is 1. The van der Waals surface area contributed by atoms with E-state index in [1.165, 1.54) is 0 Å². The molecule has 1 saturated heterocycles.